The zero-order valence-corrected chi connectivity index (χ0v) is 20.2. The van der Waals surface area contributed by atoms with Crippen molar-refractivity contribution in [3.8, 4) is 5.75 Å². The van der Waals surface area contributed by atoms with Gasteiger partial charge in [0.25, 0.3) is 11.6 Å². The van der Waals surface area contributed by atoms with E-state index >= 15 is 0 Å². The molecule has 36 heavy (non-hydrogen) atoms. The summed E-state index contributed by atoms with van der Waals surface area (Å²) in [5, 5.41) is 14.7. The molecular formula is C27H26N4O5. The number of nitro benzene ring substituents is 1. The number of carbonyl (C=O) groups is 2. The molecule has 0 aliphatic carbocycles. The number of nitro groups is 1. The van der Waals surface area contributed by atoms with E-state index in [9.17, 15) is 19.7 Å². The number of amides is 2. The standard InChI is InChI=1S/C27H26N4O5/c1-18(32)30-24-17-21(31(34)35)11-14-23(24)25(27(30)33)26(19-7-5-4-6-8-19)28-20-9-12-22(13-10-20)36-16-15-29(2)3/h4-14,17,28H,15-16H2,1-3H3/b26-25-. The van der Waals surface area contributed by atoms with Crippen molar-refractivity contribution in [1.29, 1.82) is 0 Å². The minimum Gasteiger partial charge on any atom is -0.492 e. The minimum atomic E-state index is -0.552. The Morgan fingerprint density at radius 2 is 1.75 bits per heavy atom. The third-order valence-electron chi connectivity index (χ3n) is 5.68. The molecule has 1 N–H and O–H groups in total. The summed E-state index contributed by atoms with van der Waals surface area (Å²) in [7, 11) is 3.95. The maximum atomic E-state index is 13.5. The zero-order chi connectivity index (χ0) is 25.8. The lowest BCUT2D eigenvalue weighted by Crippen LogP contribution is -2.31. The lowest BCUT2D eigenvalue weighted by molar-refractivity contribution is -0.384. The molecule has 0 saturated heterocycles. The second kappa shape index (κ2) is 10.4. The number of non-ortho nitro benzene ring substituents is 1. The van der Waals surface area contributed by atoms with Crippen LogP contribution in [0.3, 0.4) is 0 Å². The van der Waals surface area contributed by atoms with Crippen molar-refractivity contribution >= 4 is 40.1 Å². The van der Waals surface area contributed by atoms with E-state index < -0.39 is 16.7 Å². The Bertz CT molecular complexity index is 1330. The van der Waals surface area contributed by atoms with Gasteiger partial charge in [0, 0.05) is 36.9 Å². The van der Waals surface area contributed by atoms with Gasteiger partial charge in [0.15, 0.2) is 0 Å². The molecule has 9 heteroatoms. The first kappa shape index (κ1) is 24.6. The normalized spacial score (nSPS) is 14.0. The summed E-state index contributed by atoms with van der Waals surface area (Å²) in [6, 6.07) is 20.7. The Morgan fingerprint density at radius 3 is 2.36 bits per heavy atom. The summed E-state index contributed by atoms with van der Waals surface area (Å²) in [5.41, 5.74) is 2.61. The molecular weight excluding hydrogens is 460 g/mol. The Morgan fingerprint density at radius 1 is 1.06 bits per heavy atom. The highest BCUT2D eigenvalue weighted by Gasteiger charge is 2.38. The predicted molar refractivity (Wildman–Crippen MR) is 139 cm³/mol. The number of benzene rings is 3. The van der Waals surface area contributed by atoms with Gasteiger partial charge < -0.3 is 15.0 Å². The van der Waals surface area contributed by atoms with E-state index in [1.165, 1.54) is 25.1 Å². The monoisotopic (exact) mass is 486 g/mol. The van der Waals surface area contributed by atoms with E-state index in [2.05, 4.69) is 5.32 Å². The maximum absolute atomic E-state index is 13.5. The number of likely N-dealkylation sites (N-methyl/N-ethyl adjacent to an activating group) is 1. The van der Waals surface area contributed by atoms with Crippen LogP contribution in [-0.4, -0.2) is 48.9 Å². The summed E-state index contributed by atoms with van der Waals surface area (Å²) in [6.07, 6.45) is 0. The van der Waals surface area contributed by atoms with Gasteiger partial charge in [-0.3, -0.25) is 19.7 Å². The van der Waals surface area contributed by atoms with Crippen LogP contribution < -0.4 is 15.0 Å². The van der Waals surface area contributed by atoms with Crippen molar-refractivity contribution < 1.29 is 19.2 Å². The largest absolute Gasteiger partial charge is 0.492 e. The van der Waals surface area contributed by atoms with Gasteiger partial charge in [-0.05, 0) is 50.0 Å². The van der Waals surface area contributed by atoms with Crippen molar-refractivity contribution in [3.05, 3.63) is 94.0 Å². The van der Waals surface area contributed by atoms with Crippen molar-refractivity contribution in [2.24, 2.45) is 0 Å². The predicted octanol–water partition coefficient (Wildman–Crippen LogP) is 4.41. The topological polar surface area (TPSA) is 105 Å². The van der Waals surface area contributed by atoms with E-state index in [1.807, 2.05) is 73.6 Å². The average molecular weight is 487 g/mol. The molecule has 1 aliphatic heterocycles. The molecule has 0 spiro atoms. The molecule has 4 rings (SSSR count). The second-order valence-corrected chi connectivity index (χ2v) is 8.54. The van der Waals surface area contributed by atoms with E-state index in [1.54, 1.807) is 0 Å². The maximum Gasteiger partial charge on any atom is 0.271 e. The summed E-state index contributed by atoms with van der Waals surface area (Å²) in [6.45, 7) is 2.60. The SMILES string of the molecule is CC(=O)N1C(=O)/C(=C(\Nc2ccc(OCCN(C)C)cc2)c2ccccc2)c2ccc([N+](=O)[O-])cc21. The number of imide groups is 1. The number of hydrogen-bond donors (Lipinski definition) is 1. The first-order valence-corrected chi connectivity index (χ1v) is 11.3. The molecule has 0 fully saturated rings. The van der Waals surface area contributed by atoms with E-state index in [-0.39, 0.29) is 16.9 Å². The Balaban J connectivity index is 1.78. The van der Waals surface area contributed by atoms with Crippen LogP contribution in [0.15, 0.2) is 72.8 Å². The van der Waals surface area contributed by atoms with Crippen molar-refractivity contribution in [2.45, 2.75) is 6.92 Å². The molecule has 1 aliphatic rings. The minimum absolute atomic E-state index is 0.191. The highest BCUT2D eigenvalue weighted by atomic mass is 16.6. The number of fused-ring (bicyclic) bond motifs is 1. The van der Waals surface area contributed by atoms with Crippen LogP contribution >= 0.6 is 0 Å². The number of carbonyl (C=O) groups excluding carboxylic acids is 2. The van der Waals surface area contributed by atoms with Gasteiger partial charge in [-0.15, -0.1) is 0 Å². The first-order valence-electron chi connectivity index (χ1n) is 11.3. The van der Waals surface area contributed by atoms with Crippen LogP contribution in [-0.2, 0) is 9.59 Å². The summed E-state index contributed by atoms with van der Waals surface area (Å²) < 4.78 is 5.76. The highest BCUT2D eigenvalue weighted by Crippen LogP contribution is 2.43. The Kier molecular flexibility index (Phi) is 7.12. The smallest absolute Gasteiger partial charge is 0.271 e. The number of rotatable bonds is 8. The van der Waals surface area contributed by atoms with Gasteiger partial charge in [0.1, 0.15) is 12.4 Å². The second-order valence-electron chi connectivity index (χ2n) is 8.54. The fourth-order valence-corrected chi connectivity index (χ4v) is 3.93. The van der Waals surface area contributed by atoms with Gasteiger partial charge in [-0.2, -0.15) is 0 Å². The molecule has 9 nitrogen and oxygen atoms in total. The fourth-order valence-electron chi connectivity index (χ4n) is 3.93. The highest BCUT2D eigenvalue weighted by molar-refractivity contribution is 6.43. The number of nitrogens with one attached hydrogen (secondary N) is 1. The van der Waals surface area contributed by atoms with Gasteiger partial charge in [0.05, 0.1) is 21.9 Å². The molecule has 0 radical (unpaired) electrons. The van der Waals surface area contributed by atoms with Crippen molar-refractivity contribution in [1.82, 2.24) is 4.90 Å². The Hall–Kier alpha value is -4.50. The van der Waals surface area contributed by atoms with Gasteiger partial charge in [-0.25, -0.2) is 4.90 Å². The lowest BCUT2D eigenvalue weighted by Gasteiger charge is -2.16. The number of hydrogen-bond acceptors (Lipinski definition) is 7. The third-order valence-corrected chi connectivity index (χ3v) is 5.68. The van der Waals surface area contributed by atoms with E-state index in [4.69, 9.17) is 4.74 Å². The quantitative estimate of drug-likeness (QED) is 0.286. The molecule has 1 heterocycles. The van der Waals surface area contributed by atoms with Crippen molar-refractivity contribution in [3.63, 3.8) is 0 Å². The summed E-state index contributed by atoms with van der Waals surface area (Å²) in [4.78, 5) is 39.7. The van der Waals surface area contributed by atoms with Crippen LogP contribution in [0.25, 0.3) is 11.3 Å². The van der Waals surface area contributed by atoms with Crippen LogP contribution in [0.4, 0.5) is 17.1 Å². The van der Waals surface area contributed by atoms with Crippen LogP contribution in [0.2, 0.25) is 0 Å². The van der Waals surface area contributed by atoms with E-state index in [0.717, 1.165) is 17.0 Å². The summed E-state index contributed by atoms with van der Waals surface area (Å²) >= 11 is 0. The van der Waals surface area contributed by atoms with Crippen LogP contribution in [0.5, 0.6) is 5.75 Å². The molecule has 0 aromatic heterocycles. The molecule has 0 bridgehead atoms. The summed E-state index contributed by atoms with van der Waals surface area (Å²) in [5.74, 6) is -0.356. The van der Waals surface area contributed by atoms with Crippen LogP contribution in [0.1, 0.15) is 18.1 Å². The van der Waals surface area contributed by atoms with Crippen LogP contribution in [0, 0.1) is 10.1 Å². The molecule has 0 unspecified atom stereocenters. The third kappa shape index (κ3) is 5.11. The van der Waals surface area contributed by atoms with E-state index in [0.29, 0.717) is 29.3 Å². The zero-order valence-electron chi connectivity index (χ0n) is 20.2. The fraction of sp³-hybridized carbons (Fsp3) is 0.185. The van der Waals surface area contributed by atoms with Gasteiger partial charge in [-0.1, -0.05) is 30.3 Å². The van der Waals surface area contributed by atoms with Gasteiger partial charge >= 0.3 is 0 Å². The number of nitrogens with zero attached hydrogens (tertiary/aromatic N) is 3. The van der Waals surface area contributed by atoms with Crippen molar-refractivity contribution in [2.75, 3.05) is 37.5 Å². The van der Waals surface area contributed by atoms with Gasteiger partial charge in [0.2, 0.25) is 5.91 Å². The number of ether oxygens (including phenoxy) is 1. The molecule has 184 valence electrons. The average Bonchev–Trinajstić information content (AvgIpc) is 3.14. The molecule has 3 aromatic rings. The molecule has 2 amide bonds. The molecule has 0 atom stereocenters. The molecule has 3 aromatic carbocycles. The lowest BCUT2D eigenvalue weighted by atomic mass is 9.99. The molecule has 0 saturated carbocycles. The number of anilines is 2. The first-order chi connectivity index (χ1) is 17.3. The Labute approximate surface area is 208 Å².